The molecule has 0 amide bonds. The van der Waals surface area contributed by atoms with Crippen molar-refractivity contribution in [2.45, 2.75) is 19.9 Å². The van der Waals surface area contributed by atoms with Crippen LogP contribution < -0.4 is 11.1 Å². The second-order valence-corrected chi connectivity index (χ2v) is 3.03. The highest BCUT2D eigenvalue weighted by Crippen LogP contribution is 2.07. The molecule has 4 heteroatoms. The third-order valence-corrected chi connectivity index (χ3v) is 1.83. The zero-order valence-electron chi connectivity index (χ0n) is 8.58. The molecule has 4 nitrogen and oxygen atoms in total. The Hall–Kier alpha value is -1.00. The Morgan fingerprint density at radius 1 is 1.50 bits per heavy atom. The number of rotatable bonds is 7. The van der Waals surface area contributed by atoms with Gasteiger partial charge >= 0.3 is 0 Å². The Morgan fingerprint density at radius 2 is 2.36 bits per heavy atom. The van der Waals surface area contributed by atoms with Crippen molar-refractivity contribution in [3.05, 3.63) is 17.9 Å². The second-order valence-electron chi connectivity index (χ2n) is 3.03. The molecule has 0 unspecified atom stereocenters. The number of nitrogen functional groups attached to an aromatic ring is 1. The minimum atomic E-state index is 0.469. The van der Waals surface area contributed by atoms with Crippen LogP contribution in [0.1, 0.15) is 19.1 Å². The van der Waals surface area contributed by atoms with Crippen molar-refractivity contribution >= 4 is 5.88 Å². The lowest BCUT2D eigenvalue weighted by Crippen LogP contribution is -2.15. The van der Waals surface area contributed by atoms with E-state index >= 15 is 0 Å². The van der Waals surface area contributed by atoms with Gasteiger partial charge < -0.3 is 20.2 Å². The van der Waals surface area contributed by atoms with E-state index in [0.29, 0.717) is 5.88 Å². The van der Waals surface area contributed by atoms with Gasteiger partial charge in [-0.05, 0) is 26.0 Å². The molecule has 0 fully saturated rings. The number of hydrogen-bond acceptors (Lipinski definition) is 4. The van der Waals surface area contributed by atoms with E-state index in [1.165, 1.54) is 0 Å². The molecule has 0 aliphatic rings. The van der Waals surface area contributed by atoms with E-state index < -0.39 is 0 Å². The third kappa shape index (κ3) is 4.30. The Kier molecular flexibility index (Phi) is 5.11. The molecule has 0 aliphatic heterocycles. The zero-order valence-corrected chi connectivity index (χ0v) is 8.58. The highest BCUT2D eigenvalue weighted by molar-refractivity contribution is 5.25. The first-order valence-electron chi connectivity index (χ1n) is 4.95. The van der Waals surface area contributed by atoms with Gasteiger partial charge in [-0.1, -0.05) is 0 Å². The SMILES string of the molecule is CCOCCCNCc1ccc(N)o1. The van der Waals surface area contributed by atoms with E-state index in [1.54, 1.807) is 6.07 Å². The van der Waals surface area contributed by atoms with Gasteiger partial charge in [0.15, 0.2) is 5.88 Å². The fraction of sp³-hybridized carbons (Fsp3) is 0.600. The van der Waals surface area contributed by atoms with E-state index in [4.69, 9.17) is 14.9 Å². The molecule has 0 bridgehead atoms. The molecule has 80 valence electrons. The summed E-state index contributed by atoms with van der Waals surface area (Å²) in [5, 5.41) is 3.24. The molecule has 0 aliphatic carbocycles. The van der Waals surface area contributed by atoms with Gasteiger partial charge in [-0.2, -0.15) is 0 Å². The first kappa shape index (κ1) is 11.1. The summed E-state index contributed by atoms with van der Waals surface area (Å²) in [6.07, 6.45) is 1.02. The smallest absolute Gasteiger partial charge is 0.190 e. The number of ether oxygens (including phenoxy) is 1. The third-order valence-electron chi connectivity index (χ3n) is 1.83. The molecule has 0 radical (unpaired) electrons. The van der Waals surface area contributed by atoms with Gasteiger partial charge in [-0.25, -0.2) is 0 Å². The Morgan fingerprint density at radius 3 is 3.00 bits per heavy atom. The summed E-state index contributed by atoms with van der Waals surface area (Å²) in [5.41, 5.74) is 5.43. The van der Waals surface area contributed by atoms with Crippen molar-refractivity contribution in [1.29, 1.82) is 0 Å². The van der Waals surface area contributed by atoms with E-state index in [9.17, 15) is 0 Å². The van der Waals surface area contributed by atoms with Crippen LogP contribution in [0.2, 0.25) is 0 Å². The monoisotopic (exact) mass is 198 g/mol. The molecule has 0 saturated heterocycles. The second kappa shape index (κ2) is 6.45. The van der Waals surface area contributed by atoms with Crippen LogP contribution in [0.25, 0.3) is 0 Å². The number of hydrogen-bond donors (Lipinski definition) is 2. The standard InChI is InChI=1S/C10H18N2O2/c1-2-13-7-3-6-12-8-9-4-5-10(11)14-9/h4-5,12H,2-3,6-8,11H2,1H3. The summed E-state index contributed by atoms with van der Waals surface area (Å²) in [6.45, 7) is 5.25. The summed E-state index contributed by atoms with van der Waals surface area (Å²) >= 11 is 0. The predicted molar refractivity (Wildman–Crippen MR) is 55.9 cm³/mol. The average Bonchev–Trinajstić information content (AvgIpc) is 2.58. The maximum absolute atomic E-state index is 5.43. The Balaban J connectivity index is 1.99. The number of nitrogens with one attached hydrogen (secondary N) is 1. The van der Waals surface area contributed by atoms with Gasteiger partial charge in [0, 0.05) is 19.3 Å². The number of anilines is 1. The first-order valence-corrected chi connectivity index (χ1v) is 4.95. The van der Waals surface area contributed by atoms with Crippen LogP contribution in [-0.2, 0) is 11.3 Å². The fourth-order valence-corrected chi connectivity index (χ4v) is 1.14. The topological polar surface area (TPSA) is 60.4 Å². The van der Waals surface area contributed by atoms with Gasteiger partial charge in [-0.3, -0.25) is 0 Å². The largest absolute Gasteiger partial charge is 0.445 e. The minimum Gasteiger partial charge on any atom is -0.445 e. The minimum absolute atomic E-state index is 0.469. The molecule has 1 rings (SSSR count). The lowest BCUT2D eigenvalue weighted by atomic mass is 10.4. The molecule has 1 aromatic rings. The van der Waals surface area contributed by atoms with Crippen LogP contribution in [0, 0.1) is 0 Å². The average molecular weight is 198 g/mol. The summed E-state index contributed by atoms with van der Waals surface area (Å²) < 4.78 is 10.4. The Labute approximate surface area is 84.4 Å². The van der Waals surface area contributed by atoms with Gasteiger partial charge in [0.2, 0.25) is 0 Å². The van der Waals surface area contributed by atoms with Crippen molar-refractivity contribution in [3.63, 3.8) is 0 Å². The van der Waals surface area contributed by atoms with E-state index in [-0.39, 0.29) is 0 Å². The molecule has 1 aromatic heterocycles. The van der Waals surface area contributed by atoms with Gasteiger partial charge in [0.25, 0.3) is 0 Å². The van der Waals surface area contributed by atoms with Crippen LogP contribution >= 0.6 is 0 Å². The summed E-state index contributed by atoms with van der Waals surface area (Å²) in [5.74, 6) is 1.34. The highest BCUT2D eigenvalue weighted by Gasteiger charge is 1.97. The van der Waals surface area contributed by atoms with Gasteiger partial charge in [-0.15, -0.1) is 0 Å². The van der Waals surface area contributed by atoms with Crippen molar-refractivity contribution in [2.75, 3.05) is 25.5 Å². The fourth-order valence-electron chi connectivity index (χ4n) is 1.14. The highest BCUT2D eigenvalue weighted by atomic mass is 16.5. The maximum atomic E-state index is 5.43. The van der Waals surface area contributed by atoms with Crippen molar-refractivity contribution < 1.29 is 9.15 Å². The van der Waals surface area contributed by atoms with Crippen molar-refractivity contribution in [1.82, 2.24) is 5.32 Å². The predicted octanol–water partition coefficient (Wildman–Crippen LogP) is 1.38. The molecule has 0 saturated carbocycles. The lowest BCUT2D eigenvalue weighted by Gasteiger charge is -2.02. The molecular weight excluding hydrogens is 180 g/mol. The summed E-state index contributed by atoms with van der Waals surface area (Å²) in [7, 11) is 0. The van der Waals surface area contributed by atoms with Gasteiger partial charge in [0.1, 0.15) is 5.76 Å². The van der Waals surface area contributed by atoms with E-state index in [2.05, 4.69) is 5.32 Å². The van der Waals surface area contributed by atoms with Crippen LogP contribution in [0.15, 0.2) is 16.5 Å². The number of nitrogens with two attached hydrogens (primary N) is 1. The summed E-state index contributed by atoms with van der Waals surface area (Å²) in [4.78, 5) is 0. The molecule has 0 atom stereocenters. The van der Waals surface area contributed by atoms with Crippen LogP contribution in [-0.4, -0.2) is 19.8 Å². The van der Waals surface area contributed by atoms with E-state index in [0.717, 1.165) is 38.5 Å². The molecule has 0 spiro atoms. The van der Waals surface area contributed by atoms with Crippen LogP contribution in [0.3, 0.4) is 0 Å². The van der Waals surface area contributed by atoms with Crippen molar-refractivity contribution in [3.8, 4) is 0 Å². The summed E-state index contributed by atoms with van der Waals surface area (Å²) in [6, 6.07) is 3.64. The molecule has 3 N–H and O–H groups in total. The normalized spacial score (nSPS) is 10.6. The van der Waals surface area contributed by atoms with Crippen molar-refractivity contribution in [2.24, 2.45) is 0 Å². The molecule has 1 heterocycles. The molecule has 14 heavy (non-hydrogen) atoms. The first-order chi connectivity index (χ1) is 6.83. The zero-order chi connectivity index (χ0) is 10.2. The number of furan rings is 1. The van der Waals surface area contributed by atoms with Crippen LogP contribution in [0.4, 0.5) is 5.88 Å². The lowest BCUT2D eigenvalue weighted by molar-refractivity contribution is 0.144. The Bertz CT molecular complexity index is 248. The molecular formula is C10H18N2O2. The van der Waals surface area contributed by atoms with Crippen LogP contribution in [0.5, 0.6) is 0 Å². The molecule has 0 aromatic carbocycles. The maximum Gasteiger partial charge on any atom is 0.190 e. The van der Waals surface area contributed by atoms with E-state index in [1.807, 2.05) is 13.0 Å². The van der Waals surface area contributed by atoms with Gasteiger partial charge in [0.05, 0.1) is 6.54 Å². The quantitative estimate of drug-likeness (QED) is 0.650.